The van der Waals surface area contributed by atoms with Crippen LogP contribution in [0.2, 0.25) is 6.32 Å². The van der Waals surface area contributed by atoms with Gasteiger partial charge in [-0.05, 0) is 49.3 Å². The molecule has 0 spiro atoms. The minimum Gasteiger partial charge on any atom is -0.0771 e. The Hall–Kier alpha value is -0.715. The summed E-state index contributed by atoms with van der Waals surface area (Å²) in [5.41, 5.74) is 5.82. The fourth-order valence-corrected chi connectivity index (χ4v) is 3.29. The van der Waals surface area contributed by atoms with E-state index < -0.39 is 0 Å². The molecule has 19 heavy (non-hydrogen) atoms. The first-order valence-electron chi connectivity index (χ1n) is 7.94. The predicted molar refractivity (Wildman–Crippen MR) is 86.0 cm³/mol. The maximum absolute atomic E-state index is 2.52. The second kappa shape index (κ2) is 6.63. The fourth-order valence-electron chi connectivity index (χ4n) is 3.29. The Morgan fingerprint density at radius 1 is 1.00 bits per heavy atom. The topological polar surface area (TPSA) is 0 Å². The van der Waals surface area contributed by atoms with Crippen LogP contribution in [0.15, 0.2) is 12.1 Å². The Bertz CT molecular complexity index is 391. The summed E-state index contributed by atoms with van der Waals surface area (Å²) >= 11 is 0. The lowest BCUT2D eigenvalue weighted by atomic mass is 9.62. The lowest BCUT2D eigenvalue weighted by Gasteiger charge is -2.26. The average molecular weight is 255 g/mol. The number of hydrogen-bond donors (Lipinski definition) is 0. The van der Waals surface area contributed by atoms with Crippen LogP contribution in [0.4, 0.5) is 0 Å². The van der Waals surface area contributed by atoms with Gasteiger partial charge in [0.05, 0.1) is 0 Å². The summed E-state index contributed by atoms with van der Waals surface area (Å²) in [6.07, 6.45) is 8.25. The van der Waals surface area contributed by atoms with Gasteiger partial charge >= 0.3 is 0 Å². The highest BCUT2D eigenvalue weighted by atomic mass is 14.2. The van der Waals surface area contributed by atoms with Gasteiger partial charge in [0.1, 0.15) is 7.28 Å². The van der Waals surface area contributed by atoms with Crippen molar-refractivity contribution in [1.29, 1.82) is 0 Å². The van der Waals surface area contributed by atoms with Gasteiger partial charge in [-0.25, -0.2) is 0 Å². The minimum atomic E-state index is 0.962. The van der Waals surface area contributed by atoms with Crippen molar-refractivity contribution in [1.82, 2.24) is 0 Å². The molecule has 0 aliphatic heterocycles. The van der Waals surface area contributed by atoms with Crippen molar-refractivity contribution in [3.05, 3.63) is 34.4 Å². The molecule has 0 aromatic heterocycles. The van der Waals surface area contributed by atoms with Crippen LogP contribution >= 0.6 is 0 Å². The van der Waals surface area contributed by atoms with Crippen LogP contribution in [0.1, 0.15) is 54.9 Å². The van der Waals surface area contributed by atoms with Crippen molar-refractivity contribution in [2.45, 2.75) is 66.0 Å². The van der Waals surface area contributed by atoms with E-state index in [-0.39, 0.29) is 0 Å². The number of hydrogen-bond acceptors (Lipinski definition) is 0. The maximum atomic E-state index is 2.52. The summed E-state index contributed by atoms with van der Waals surface area (Å²) in [5, 5.41) is 0. The molecular weight excluding hydrogens is 227 g/mol. The van der Waals surface area contributed by atoms with Crippen molar-refractivity contribution < 1.29 is 0 Å². The molecule has 103 valence electrons. The zero-order chi connectivity index (χ0) is 13.8. The van der Waals surface area contributed by atoms with Crippen molar-refractivity contribution >= 4 is 7.28 Å². The molecule has 0 atom stereocenters. The Kier molecular flexibility index (Phi) is 5.13. The van der Waals surface area contributed by atoms with E-state index in [0.717, 1.165) is 18.2 Å². The van der Waals surface area contributed by atoms with E-state index in [2.05, 4.69) is 47.1 Å². The average Bonchev–Trinajstić information content (AvgIpc) is 2.38. The molecule has 1 aliphatic rings. The standard InChI is InChI=1S/C18H28B/c1-13-5-7-17(8-6-13)11-19-12-18-9-14(2)16(4)15(3)10-18/h9-10,13,17H,5-8,11-12H2,1-4H3. The van der Waals surface area contributed by atoms with Gasteiger partial charge in [0, 0.05) is 0 Å². The quantitative estimate of drug-likeness (QED) is 0.659. The minimum absolute atomic E-state index is 0.962. The molecule has 0 bridgehead atoms. The molecule has 1 radical (unpaired) electrons. The number of rotatable bonds is 4. The number of benzene rings is 1. The van der Waals surface area contributed by atoms with Crippen molar-refractivity contribution in [3.8, 4) is 0 Å². The van der Waals surface area contributed by atoms with Crippen molar-refractivity contribution in [2.24, 2.45) is 11.8 Å². The summed E-state index contributed by atoms with van der Waals surface area (Å²) in [6, 6.07) is 4.73. The molecule has 0 amide bonds. The second-order valence-electron chi connectivity index (χ2n) is 6.71. The van der Waals surface area contributed by atoms with E-state index in [0.29, 0.717) is 0 Å². The smallest absolute Gasteiger partial charge is 0.0771 e. The van der Waals surface area contributed by atoms with Gasteiger partial charge in [-0.1, -0.05) is 62.9 Å². The number of aryl methyl sites for hydroxylation is 2. The van der Waals surface area contributed by atoms with Crippen molar-refractivity contribution in [3.63, 3.8) is 0 Å². The van der Waals surface area contributed by atoms with Gasteiger partial charge in [0.2, 0.25) is 0 Å². The van der Waals surface area contributed by atoms with Gasteiger partial charge < -0.3 is 0 Å². The Morgan fingerprint density at radius 2 is 1.58 bits per heavy atom. The normalized spacial score (nSPS) is 23.4. The molecule has 1 heteroatoms. The van der Waals surface area contributed by atoms with Gasteiger partial charge in [-0.2, -0.15) is 0 Å². The predicted octanol–water partition coefficient (Wildman–Crippen LogP) is 5.06. The van der Waals surface area contributed by atoms with Gasteiger partial charge in [-0.15, -0.1) is 0 Å². The molecule has 1 aromatic rings. The monoisotopic (exact) mass is 255 g/mol. The molecule has 0 heterocycles. The third-order valence-electron chi connectivity index (χ3n) is 5.00. The molecule has 1 aromatic carbocycles. The third-order valence-corrected chi connectivity index (χ3v) is 5.00. The van der Waals surface area contributed by atoms with E-state index >= 15 is 0 Å². The zero-order valence-electron chi connectivity index (χ0n) is 13.1. The van der Waals surface area contributed by atoms with Crippen LogP contribution < -0.4 is 0 Å². The maximum Gasteiger partial charge on any atom is 0.115 e. The Labute approximate surface area is 120 Å². The first kappa shape index (κ1) is 14.7. The molecule has 1 fully saturated rings. The van der Waals surface area contributed by atoms with Crippen LogP contribution in [0.25, 0.3) is 0 Å². The molecule has 0 unspecified atom stereocenters. The largest absolute Gasteiger partial charge is 0.115 e. The van der Waals surface area contributed by atoms with Gasteiger partial charge in [0.15, 0.2) is 0 Å². The van der Waals surface area contributed by atoms with Crippen LogP contribution in [-0.2, 0) is 6.32 Å². The highest BCUT2D eigenvalue weighted by molar-refractivity contribution is 6.35. The first-order valence-corrected chi connectivity index (χ1v) is 7.94. The Balaban J connectivity index is 1.79. The van der Waals surface area contributed by atoms with Crippen LogP contribution in [0.3, 0.4) is 0 Å². The molecular formula is C18H28B. The zero-order valence-corrected chi connectivity index (χ0v) is 13.1. The second-order valence-corrected chi connectivity index (χ2v) is 6.71. The van der Waals surface area contributed by atoms with E-state index in [1.54, 1.807) is 0 Å². The van der Waals surface area contributed by atoms with Crippen molar-refractivity contribution in [2.75, 3.05) is 0 Å². The summed E-state index contributed by atoms with van der Waals surface area (Å²) in [7, 11) is 2.52. The summed E-state index contributed by atoms with van der Waals surface area (Å²) in [6.45, 7) is 9.09. The summed E-state index contributed by atoms with van der Waals surface area (Å²) in [5.74, 6) is 1.93. The van der Waals surface area contributed by atoms with Crippen LogP contribution in [0.5, 0.6) is 0 Å². The van der Waals surface area contributed by atoms with E-state index in [4.69, 9.17) is 0 Å². The van der Waals surface area contributed by atoms with Crippen LogP contribution in [-0.4, -0.2) is 7.28 Å². The molecule has 0 nitrogen and oxygen atoms in total. The van der Waals surface area contributed by atoms with Gasteiger partial charge in [0.25, 0.3) is 0 Å². The Morgan fingerprint density at radius 3 is 2.16 bits per heavy atom. The summed E-state index contributed by atoms with van der Waals surface area (Å²) in [4.78, 5) is 0. The lowest BCUT2D eigenvalue weighted by Crippen LogP contribution is -2.14. The highest BCUT2D eigenvalue weighted by Crippen LogP contribution is 2.30. The van der Waals surface area contributed by atoms with E-state index in [1.807, 2.05) is 0 Å². The highest BCUT2D eigenvalue weighted by Gasteiger charge is 2.17. The SMILES string of the molecule is Cc1cc(C[B]CC2CCC(C)CC2)cc(C)c1C. The summed E-state index contributed by atoms with van der Waals surface area (Å²) < 4.78 is 0. The first-order chi connectivity index (χ1) is 9.06. The van der Waals surface area contributed by atoms with E-state index in [1.165, 1.54) is 54.3 Å². The lowest BCUT2D eigenvalue weighted by molar-refractivity contribution is 0.307. The van der Waals surface area contributed by atoms with Crippen LogP contribution in [0, 0.1) is 32.6 Å². The molecule has 1 aliphatic carbocycles. The molecule has 0 N–H and O–H groups in total. The molecule has 1 saturated carbocycles. The molecule has 2 rings (SSSR count). The molecule has 0 saturated heterocycles. The fraction of sp³-hybridized carbons (Fsp3) is 0.667. The third kappa shape index (κ3) is 4.13. The van der Waals surface area contributed by atoms with E-state index in [9.17, 15) is 0 Å². The van der Waals surface area contributed by atoms with Gasteiger partial charge in [-0.3, -0.25) is 0 Å².